The minimum absolute atomic E-state index is 0.0677. The minimum atomic E-state index is -0.710. The van der Waals surface area contributed by atoms with Gasteiger partial charge in [0.1, 0.15) is 0 Å². The predicted molar refractivity (Wildman–Crippen MR) is 78.4 cm³/mol. The van der Waals surface area contributed by atoms with Crippen LogP contribution in [0.2, 0.25) is 5.02 Å². The Balaban J connectivity index is 2.23. The maximum Gasteiger partial charge on any atom is 0.258 e. The van der Waals surface area contributed by atoms with E-state index in [1.54, 1.807) is 6.07 Å². The van der Waals surface area contributed by atoms with Crippen LogP contribution in [0.1, 0.15) is 15.9 Å². The monoisotopic (exact) mass is 341 g/mol. The molecule has 0 aliphatic heterocycles. The molecule has 2 aromatic carbocycles. The van der Waals surface area contributed by atoms with E-state index in [9.17, 15) is 9.18 Å². The Labute approximate surface area is 123 Å². The molecule has 5 heteroatoms. The van der Waals surface area contributed by atoms with Crippen molar-refractivity contribution in [3.63, 3.8) is 0 Å². The molecule has 0 saturated heterocycles. The number of halogens is 3. The summed E-state index contributed by atoms with van der Waals surface area (Å²) in [5.41, 5.74) is 1.56. The minimum Gasteiger partial charge on any atom is -0.322 e. The largest absolute Gasteiger partial charge is 0.322 e. The Morgan fingerprint density at radius 2 is 2.00 bits per heavy atom. The lowest BCUT2D eigenvalue weighted by Crippen LogP contribution is -2.14. The maximum absolute atomic E-state index is 13.7. The molecule has 1 N–H and O–H groups in total. The fraction of sp³-hybridized carbons (Fsp3) is 0.0714. The van der Waals surface area contributed by atoms with E-state index in [2.05, 4.69) is 21.2 Å². The molecule has 0 aromatic heterocycles. The fourth-order valence-electron chi connectivity index (χ4n) is 1.61. The van der Waals surface area contributed by atoms with E-state index in [0.717, 1.165) is 5.56 Å². The molecule has 0 spiro atoms. The summed E-state index contributed by atoms with van der Waals surface area (Å²) >= 11 is 8.98. The summed E-state index contributed by atoms with van der Waals surface area (Å²) < 4.78 is 13.7. The van der Waals surface area contributed by atoms with Crippen molar-refractivity contribution in [3.05, 3.63) is 64.4 Å². The third-order valence-electron chi connectivity index (χ3n) is 2.54. The number of amides is 1. The van der Waals surface area contributed by atoms with Crippen molar-refractivity contribution in [1.29, 1.82) is 0 Å². The number of hydrogen-bond acceptors (Lipinski definition) is 1. The Morgan fingerprint density at radius 3 is 2.74 bits per heavy atom. The first-order chi connectivity index (χ1) is 9.11. The zero-order chi connectivity index (χ0) is 13.8. The van der Waals surface area contributed by atoms with Crippen LogP contribution in [0.5, 0.6) is 0 Å². The van der Waals surface area contributed by atoms with Crippen molar-refractivity contribution in [2.45, 2.75) is 5.33 Å². The highest BCUT2D eigenvalue weighted by Gasteiger charge is 2.14. The summed E-state index contributed by atoms with van der Waals surface area (Å²) in [5.74, 6) is -1.23. The van der Waals surface area contributed by atoms with Gasteiger partial charge in [0.25, 0.3) is 5.91 Å². The van der Waals surface area contributed by atoms with Gasteiger partial charge < -0.3 is 5.32 Å². The highest BCUT2D eigenvalue weighted by Crippen LogP contribution is 2.20. The van der Waals surface area contributed by atoms with Gasteiger partial charge in [0.2, 0.25) is 0 Å². The lowest BCUT2D eigenvalue weighted by atomic mass is 10.1. The van der Waals surface area contributed by atoms with Crippen molar-refractivity contribution in [3.8, 4) is 0 Å². The summed E-state index contributed by atoms with van der Waals surface area (Å²) in [6, 6.07) is 11.6. The standard InChI is InChI=1S/C14H10BrClFNO/c15-8-9-3-1-4-10(7-9)18-14(19)11-5-2-6-12(16)13(11)17/h1-7H,8H2,(H,18,19). The summed E-state index contributed by atoms with van der Waals surface area (Å²) in [6.07, 6.45) is 0. The van der Waals surface area contributed by atoms with Gasteiger partial charge >= 0.3 is 0 Å². The van der Waals surface area contributed by atoms with E-state index in [4.69, 9.17) is 11.6 Å². The summed E-state index contributed by atoms with van der Waals surface area (Å²) in [5, 5.41) is 3.26. The molecule has 0 aliphatic rings. The molecule has 98 valence electrons. The molecule has 0 saturated carbocycles. The van der Waals surface area contributed by atoms with Crippen LogP contribution in [0, 0.1) is 5.82 Å². The normalized spacial score (nSPS) is 10.3. The summed E-state index contributed by atoms with van der Waals surface area (Å²) in [4.78, 5) is 12.0. The molecule has 1 amide bonds. The molecule has 19 heavy (non-hydrogen) atoms. The van der Waals surface area contributed by atoms with Gasteiger partial charge in [0, 0.05) is 11.0 Å². The van der Waals surface area contributed by atoms with Gasteiger partial charge in [-0.1, -0.05) is 45.7 Å². The number of hydrogen-bond donors (Lipinski definition) is 1. The van der Waals surface area contributed by atoms with Crippen LogP contribution in [-0.2, 0) is 5.33 Å². The second-order valence-corrected chi connectivity index (χ2v) is 4.86. The molecule has 2 rings (SSSR count). The summed E-state index contributed by atoms with van der Waals surface area (Å²) in [7, 11) is 0. The highest BCUT2D eigenvalue weighted by molar-refractivity contribution is 9.08. The van der Waals surface area contributed by atoms with Gasteiger partial charge in [0.05, 0.1) is 10.6 Å². The molecule has 0 heterocycles. The van der Waals surface area contributed by atoms with Crippen molar-refractivity contribution >= 4 is 39.1 Å². The first-order valence-electron chi connectivity index (χ1n) is 5.52. The van der Waals surface area contributed by atoms with Crippen LogP contribution in [0.4, 0.5) is 10.1 Å². The van der Waals surface area contributed by atoms with E-state index >= 15 is 0 Å². The van der Waals surface area contributed by atoms with Gasteiger partial charge in [-0.3, -0.25) is 4.79 Å². The van der Waals surface area contributed by atoms with Crippen LogP contribution in [0.3, 0.4) is 0 Å². The summed E-state index contributed by atoms with van der Waals surface area (Å²) in [6.45, 7) is 0. The Kier molecular flexibility index (Phi) is 4.56. The number of benzene rings is 2. The zero-order valence-electron chi connectivity index (χ0n) is 9.79. The molecular weight excluding hydrogens is 333 g/mol. The van der Waals surface area contributed by atoms with Crippen molar-refractivity contribution in [2.75, 3.05) is 5.32 Å². The maximum atomic E-state index is 13.7. The smallest absolute Gasteiger partial charge is 0.258 e. The molecule has 0 fully saturated rings. The quantitative estimate of drug-likeness (QED) is 0.810. The second kappa shape index (κ2) is 6.17. The van der Waals surface area contributed by atoms with E-state index in [0.29, 0.717) is 11.0 Å². The lowest BCUT2D eigenvalue weighted by molar-refractivity contribution is 0.102. The fourth-order valence-corrected chi connectivity index (χ4v) is 2.13. The molecule has 0 radical (unpaired) electrons. The average Bonchev–Trinajstić information content (AvgIpc) is 2.42. The van der Waals surface area contributed by atoms with Crippen molar-refractivity contribution in [2.24, 2.45) is 0 Å². The van der Waals surface area contributed by atoms with Crippen molar-refractivity contribution in [1.82, 2.24) is 0 Å². The van der Waals surface area contributed by atoms with Gasteiger partial charge in [0.15, 0.2) is 5.82 Å². The van der Waals surface area contributed by atoms with Gasteiger partial charge in [-0.25, -0.2) is 4.39 Å². The molecule has 0 atom stereocenters. The van der Waals surface area contributed by atoms with Crippen LogP contribution < -0.4 is 5.32 Å². The van der Waals surface area contributed by atoms with E-state index < -0.39 is 11.7 Å². The first-order valence-corrected chi connectivity index (χ1v) is 7.02. The van der Waals surface area contributed by atoms with Gasteiger partial charge in [-0.2, -0.15) is 0 Å². The topological polar surface area (TPSA) is 29.1 Å². The van der Waals surface area contributed by atoms with Crippen LogP contribution in [-0.4, -0.2) is 5.91 Å². The third-order valence-corrected chi connectivity index (χ3v) is 3.47. The van der Waals surface area contributed by atoms with E-state index in [1.165, 1.54) is 18.2 Å². The van der Waals surface area contributed by atoms with Crippen molar-refractivity contribution < 1.29 is 9.18 Å². The third kappa shape index (κ3) is 3.33. The number of nitrogens with one attached hydrogen (secondary N) is 1. The Morgan fingerprint density at radius 1 is 1.26 bits per heavy atom. The Bertz CT molecular complexity index is 618. The molecule has 2 aromatic rings. The van der Waals surface area contributed by atoms with Crippen LogP contribution in [0.25, 0.3) is 0 Å². The molecule has 2 nitrogen and oxygen atoms in total. The average molecular weight is 343 g/mol. The lowest BCUT2D eigenvalue weighted by Gasteiger charge is -2.07. The van der Waals surface area contributed by atoms with Crippen LogP contribution in [0.15, 0.2) is 42.5 Å². The van der Waals surface area contributed by atoms with Gasteiger partial charge in [-0.05, 0) is 29.8 Å². The molecule has 0 unspecified atom stereocenters. The number of rotatable bonds is 3. The number of carbonyl (C=O) groups excluding carboxylic acids is 1. The predicted octanol–water partition coefficient (Wildman–Crippen LogP) is 4.63. The molecule has 0 bridgehead atoms. The van der Waals surface area contributed by atoms with Crippen LogP contribution >= 0.6 is 27.5 Å². The SMILES string of the molecule is O=C(Nc1cccc(CBr)c1)c1cccc(Cl)c1F. The van der Waals surface area contributed by atoms with E-state index in [-0.39, 0.29) is 10.6 Å². The first kappa shape index (κ1) is 14.0. The Hall–Kier alpha value is -1.39. The molecular formula is C14H10BrClFNO. The second-order valence-electron chi connectivity index (χ2n) is 3.89. The number of anilines is 1. The number of carbonyl (C=O) groups is 1. The van der Waals surface area contributed by atoms with E-state index in [1.807, 2.05) is 18.2 Å². The highest BCUT2D eigenvalue weighted by atomic mass is 79.9. The van der Waals surface area contributed by atoms with Gasteiger partial charge in [-0.15, -0.1) is 0 Å². The number of alkyl halides is 1. The molecule has 0 aliphatic carbocycles. The zero-order valence-corrected chi connectivity index (χ0v) is 12.1.